The third-order valence-electron chi connectivity index (χ3n) is 1.98. The molecule has 4 N–H and O–H groups in total. The van der Waals surface area contributed by atoms with Crippen LogP contribution in [0.4, 0.5) is 11.4 Å². The molecule has 0 unspecified atom stereocenters. The lowest BCUT2D eigenvalue weighted by Gasteiger charge is -2.10. The van der Waals surface area contributed by atoms with Gasteiger partial charge >= 0.3 is 0 Å². The summed E-state index contributed by atoms with van der Waals surface area (Å²) in [6, 6.07) is 5.29. The summed E-state index contributed by atoms with van der Waals surface area (Å²) >= 11 is 5.94. The highest BCUT2D eigenvalue weighted by Crippen LogP contribution is 2.27. The van der Waals surface area contributed by atoms with Gasteiger partial charge in [0.15, 0.2) is 0 Å². The van der Waals surface area contributed by atoms with E-state index in [4.69, 9.17) is 17.3 Å². The van der Waals surface area contributed by atoms with Crippen molar-refractivity contribution >= 4 is 28.9 Å². The molecular weight excluding hydrogens is 214 g/mol. The molecule has 1 amide bonds. The van der Waals surface area contributed by atoms with E-state index in [1.165, 1.54) is 0 Å². The molecule has 1 rings (SSSR count). The number of nitrogen functional groups attached to an aromatic ring is 1. The fourth-order valence-electron chi connectivity index (χ4n) is 1.15. The predicted octanol–water partition coefficient (Wildman–Crippen LogP) is 1.47. The second-order valence-electron chi connectivity index (χ2n) is 3.05. The minimum absolute atomic E-state index is 0.0203. The van der Waals surface area contributed by atoms with Gasteiger partial charge in [0.1, 0.15) is 0 Å². The molecule has 0 fully saturated rings. The Hall–Kier alpha value is -1.42. The van der Waals surface area contributed by atoms with Crippen LogP contribution < -0.4 is 16.4 Å². The van der Waals surface area contributed by atoms with Crippen molar-refractivity contribution < 1.29 is 4.79 Å². The fraction of sp³-hybridized carbons (Fsp3) is 0.300. The Morgan fingerprint density at radius 2 is 2.27 bits per heavy atom. The van der Waals surface area contributed by atoms with Crippen molar-refractivity contribution in [3.05, 3.63) is 23.2 Å². The number of carbonyl (C=O) groups excluding carboxylic acids is 1. The lowest BCUT2D eigenvalue weighted by atomic mass is 10.2. The number of nitrogens with one attached hydrogen (secondary N) is 2. The molecular formula is C10H14ClN3O. The lowest BCUT2D eigenvalue weighted by Crippen LogP contribution is -2.21. The lowest BCUT2D eigenvalue weighted by molar-refractivity contribution is -0.120. The number of halogens is 1. The maximum atomic E-state index is 11.0. The quantitative estimate of drug-likeness (QED) is 0.683. The van der Waals surface area contributed by atoms with Crippen LogP contribution in [-0.4, -0.2) is 19.5 Å². The first-order valence-corrected chi connectivity index (χ1v) is 5.01. The molecule has 0 spiro atoms. The maximum absolute atomic E-state index is 11.0. The highest BCUT2D eigenvalue weighted by atomic mass is 35.5. The minimum atomic E-state index is -0.0203. The third kappa shape index (κ3) is 3.32. The molecule has 0 atom stereocenters. The van der Waals surface area contributed by atoms with Gasteiger partial charge in [-0.2, -0.15) is 0 Å². The van der Waals surface area contributed by atoms with Crippen molar-refractivity contribution in [2.45, 2.75) is 6.42 Å². The monoisotopic (exact) mass is 227 g/mol. The van der Waals surface area contributed by atoms with Gasteiger partial charge in [0.2, 0.25) is 5.91 Å². The molecule has 0 aliphatic heterocycles. The van der Waals surface area contributed by atoms with Gasteiger partial charge < -0.3 is 16.4 Å². The van der Waals surface area contributed by atoms with Crippen molar-refractivity contribution in [1.29, 1.82) is 0 Å². The molecule has 0 saturated carbocycles. The van der Waals surface area contributed by atoms with E-state index < -0.39 is 0 Å². The minimum Gasteiger partial charge on any atom is -0.397 e. The average Bonchev–Trinajstić information content (AvgIpc) is 2.22. The Balaban J connectivity index is 2.54. The van der Waals surface area contributed by atoms with Crippen molar-refractivity contribution in [1.82, 2.24) is 5.32 Å². The number of rotatable bonds is 4. The summed E-state index contributed by atoms with van der Waals surface area (Å²) in [7, 11) is 1.60. The van der Waals surface area contributed by atoms with Crippen molar-refractivity contribution in [2.75, 3.05) is 24.6 Å². The third-order valence-corrected chi connectivity index (χ3v) is 2.29. The smallest absolute Gasteiger partial charge is 0.221 e. The van der Waals surface area contributed by atoms with E-state index >= 15 is 0 Å². The van der Waals surface area contributed by atoms with Gasteiger partial charge in [-0.3, -0.25) is 4.79 Å². The number of carbonyl (C=O) groups is 1. The van der Waals surface area contributed by atoms with E-state index in [-0.39, 0.29) is 5.91 Å². The van der Waals surface area contributed by atoms with Gasteiger partial charge in [0.25, 0.3) is 0 Å². The van der Waals surface area contributed by atoms with Gasteiger partial charge in [0.05, 0.1) is 16.4 Å². The molecule has 5 heteroatoms. The van der Waals surface area contributed by atoms with E-state index in [0.717, 1.165) is 0 Å². The van der Waals surface area contributed by atoms with Gasteiger partial charge in [-0.15, -0.1) is 0 Å². The molecule has 15 heavy (non-hydrogen) atoms. The first-order chi connectivity index (χ1) is 7.15. The Kier molecular flexibility index (Phi) is 4.24. The van der Waals surface area contributed by atoms with Crippen LogP contribution in [0.5, 0.6) is 0 Å². The summed E-state index contributed by atoms with van der Waals surface area (Å²) in [4.78, 5) is 11.0. The van der Waals surface area contributed by atoms with Gasteiger partial charge in [-0.25, -0.2) is 0 Å². The Bertz CT molecular complexity index is 334. The number of amides is 1. The van der Waals surface area contributed by atoms with E-state index in [2.05, 4.69) is 10.6 Å². The van der Waals surface area contributed by atoms with Gasteiger partial charge in [-0.05, 0) is 12.1 Å². The largest absolute Gasteiger partial charge is 0.397 e. The molecule has 0 aliphatic carbocycles. The van der Waals surface area contributed by atoms with Gasteiger partial charge in [-0.1, -0.05) is 17.7 Å². The average molecular weight is 228 g/mol. The van der Waals surface area contributed by atoms with Crippen LogP contribution in [0, 0.1) is 0 Å². The van der Waals surface area contributed by atoms with Crippen molar-refractivity contribution in [3.8, 4) is 0 Å². The molecule has 82 valence electrons. The zero-order chi connectivity index (χ0) is 11.3. The summed E-state index contributed by atoms with van der Waals surface area (Å²) < 4.78 is 0. The molecule has 1 aromatic carbocycles. The van der Waals surface area contributed by atoms with E-state index in [0.29, 0.717) is 29.4 Å². The summed E-state index contributed by atoms with van der Waals surface area (Å²) in [5.74, 6) is -0.0203. The van der Waals surface area contributed by atoms with E-state index in [1.807, 2.05) is 0 Å². The van der Waals surface area contributed by atoms with Crippen LogP contribution in [0.3, 0.4) is 0 Å². The summed E-state index contributed by atoms with van der Waals surface area (Å²) in [5.41, 5.74) is 6.99. The topological polar surface area (TPSA) is 67.2 Å². The SMILES string of the molecule is CNC(=O)CCNc1c(N)cccc1Cl. The molecule has 0 radical (unpaired) electrons. The zero-order valence-electron chi connectivity index (χ0n) is 8.51. The van der Waals surface area contributed by atoms with Gasteiger partial charge in [0, 0.05) is 20.0 Å². The van der Waals surface area contributed by atoms with Crippen LogP contribution in [0.15, 0.2) is 18.2 Å². The van der Waals surface area contributed by atoms with Crippen LogP contribution in [-0.2, 0) is 4.79 Å². The van der Waals surface area contributed by atoms with Crippen LogP contribution in [0.2, 0.25) is 5.02 Å². The first kappa shape index (κ1) is 11.7. The second-order valence-corrected chi connectivity index (χ2v) is 3.46. The summed E-state index contributed by atoms with van der Waals surface area (Å²) in [5, 5.41) is 6.13. The molecule has 1 aromatic rings. The second kappa shape index (κ2) is 5.46. The van der Waals surface area contributed by atoms with Crippen LogP contribution in [0.1, 0.15) is 6.42 Å². The summed E-state index contributed by atoms with van der Waals surface area (Å²) in [6.45, 7) is 0.508. The maximum Gasteiger partial charge on any atom is 0.221 e. The highest BCUT2D eigenvalue weighted by Gasteiger charge is 2.04. The molecule has 0 heterocycles. The van der Waals surface area contributed by atoms with Crippen LogP contribution in [0.25, 0.3) is 0 Å². The molecule has 0 aliphatic rings. The number of hydrogen-bond acceptors (Lipinski definition) is 3. The van der Waals surface area contributed by atoms with E-state index in [1.54, 1.807) is 25.2 Å². The number of anilines is 2. The van der Waals surface area contributed by atoms with E-state index in [9.17, 15) is 4.79 Å². The standard InChI is InChI=1S/C10H14ClN3O/c1-13-9(15)5-6-14-10-7(11)3-2-4-8(10)12/h2-4,14H,5-6,12H2,1H3,(H,13,15). The normalized spacial score (nSPS) is 9.73. The van der Waals surface area contributed by atoms with Crippen molar-refractivity contribution in [2.24, 2.45) is 0 Å². The van der Waals surface area contributed by atoms with Crippen molar-refractivity contribution in [3.63, 3.8) is 0 Å². The highest BCUT2D eigenvalue weighted by molar-refractivity contribution is 6.33. The zero-order valence-corrected chi connectivity index (χ0v) is 9.27. The molecule has 0 bridgehead atoms. The first-order valence-electron chi connectivity index (χ1n) is 4.63. The van der Waals surface area contributed by atoms with Crippen LogP contribution >= 0.6 is 11.6 Å². The molecule has 4 nitrogen and oxygen atoms in total. The number of benzene rings is 1. The number of nitrogens with two attached hydrogens (primary N) is 1. The molecule has 0 saturated heterocycles. The summed E-state index contributed by atoms with van der Waals surface area (Å²) in [6.07, 6.45) is 0.390. The fourth-order valence-corrected chi connectivity index (χ4v) is 1.40. The Labute approximate surface area is 93.8 Å². The predicted molar refractivity (Wildman–Crippen MR) is 63.0 cm³/mol. The Morgan fingerprint density at radius 3 is 2.87 bits per heavy atom. The Morgan fingerprint density at radius 1 is 1.53 bits per heavy atom. The number of hydrogen-bond donors (Lipinski definition) is 3. The molecule has 0 aromatic heterocycles. The number of para-hydroxylation sites is 1.